The first-order chi connectivity index (χ1) is 9.65. The topological polar surface area (TPSA) is 32.3 Å². The van der Waals surface area contributed by atoms with Gasteiger partial charge in [0.25, 0.3) is 0 Å². The molecule has 1 heterocycles. The van der Waals surface area contributed by atoms with Gasteiger partial charge in [-0.25, -0.2) is 0 Å². The third kappa shape index (κ3) is 6.37. The number of nitrogens with one attached hydrogen (secondary N) is 1. The Morgan fingerprint density at radius 1 is 1.29 bits per heavy atom. The van der Waals surface area contributed by atoms with Crippen molar-refractivity contribution in [2.45, 2.75) is 32.2 Å². The lowest BCUT2D eigenvalue weighted by molar-refractivity contribution is -0.130. The molecule has 3 nitrogen and oxygen atoms in total. The number of amides is 1. The second-order valence-corrected chi connectivity index (χ2v) is 6.52. The maximum absolute atomic E-state index is 12.2. The van der Waals surface area contributed by atoms with Crippen LogP contribution < -0.4 is 5.32 Å². The maximum Gasteiger partial charge on any atom is 0.222 e. The van der Waals surface area contributed by atoms with Crippen LogP contribution in [0.2, 0.25) is 0 Å². The van der Waals surface area contributed by atoms with E-state index in [-0.39, 0.29) is 18.3 Å². The van der Waals surface area contributed by atoms with E-state index in [0.29, 0.717) is 13.0 Å². The number of rotatable bonds is 5. The molecule has 1 aliphatic heterocycles. The Balaban J connectivity index is 0.00000220. The molecule has 0 aliphatic carbocycles. The summed E-state index contributed by atoms with van der Waals surface area (Å²) in [5.41, 5.74) is 1.17. The molecule has 0 aromatic heterocycles. The van der Waals surface area contributed by atoms with E-state index >= 15 is 0 Å². The number of nitrogens with zero attached hydrogens (tertiary/aromatic N) is 1. The molecule has 1 aliphatic rings. The lowest BCUT2D eigenvalue weighted by Crippen LogP contribution is -2.30. The number of hydrogen-bond donors (Lipinski definition) is 1. The number of halogens is 2. The van der Waals surface area contributed by atoms with E-state index in [0.717, 1.165) is 29.9 Å². The zero-order chi connectivity index (χ0) is 14.4. The van der Waals surface area contributed by atoms with E-state index in [2.05, 4.69) is 33.4 Å². The third-order valence-corrected chi connectivity index (χ3v) is 4.51. The lowest BCUT2D eigenvalue weighted by atomic mass is 9.93. The largest absolute Gasteiger partial charge is 0.341 e. The minimum Gasteiger partial charge on any atom is -0.341 e. The zero-order valence-corrected chi connectivity index (χ0v) is 14.9. The Bertz CT molecular complexity index is 432. The van der Waals surface area contributed by atoms with Crippen molar-refractivity contribution in [2.24, 2.45) is 5.92 Å². The van der Waals surface area contributed by atoms with Gasteiger partial charge >= 0.3 is 0 Å². The minimum absolute atomic E-state index is 0. The van der Waals surface area contributed by atoms with Gasteiger partial charge in [-0.1, -0.05) is 28.1 Å². The van der Waals surface area contributed by atoms with Crippen LogP contribution in [0.25, 0.3) is 0 Å². The highest BCUT2D eigenvalue weighted by Gasteiger charge is 2.16. The van der Waals surface area contributed by atoms with Crippen molar-refractivity contribution < 1.29 is 4.79 Å². The summed E-state index contributed by atoms with van der Waals surface area (Å²) in [4.78, 5) is 14.0. The first kappa shape index (κ1) is 18.5. The van der Waals surface area contributed by atoms with Crippen LogP contribution in [0.5, 0.6) is 0 Å². The third-order valence-electron chi connectivity index (χ3n) is 3.98. The fourth-order valence-corrected chi connectivity index (χ4v) is 2.91. The first-order valence-electron chi connectivity index (χ1n) is 7.34. The molecule has 1 N–H and O–H groups in total. The molecule has 0 bridgehead atoms. The molecule has 0 spiro atoms. The number of piperidine rings is 1. The molecule has 1 saturated heterocycles. The van der Waals surface area contributed by atoms with Crippen molar-refractivity contribution in [2.75, 3.05) is 20.1 Å². The summed E-state index contributed by atoms with van der Waals surface area (Å²) in [6, 6.07) is 8.15. The highest BCUT2D eigenvalue weighted by atomic mass is 79.9. The number of carbonyl (C=O) groups is 1. The first-order valence-corrected chi connectivity index (χ1v) is 8.13. The molecule has 0 atom stereocenters. The molecule has 0 unspecified atom stereocenters. The van der Waals surface area contributed by atoms with E-state index in [1.54, 1.807) is 0 Å². The maximum atomic E-state index is 12.2. The Labute approximate surface area is 142 Å². The fraction of sp³-hybridized carbons (Fsp3) is 0.562. The van der Waals surface area contributed by atoms with Gasteiger partial charge in [0.15, 0.2) is 0 Å². The Kier molecular flexibility index (Phi) is 8.30. The molecule has 1 fully saturated rings. The van der Waals surface area contributed by atoms with Crippen molar-refractivity contribution in [3.63, 3.8) is 0 Å². The van der Waals surface area contributed by atoms with Crippen LogP contribution >= 0.6 is 28.3 Å². The summed E-state index contributed by atoms with van der Waals surface area (Å²) >= 11 is 3.42. The van der Waals surface area contributed by atoms with E-state index in [1.165, 1.54) is 18.4 Å². The molecule has 118 valence electrons. The Morgan fingerprint density at radius 2 is 1.90 bits per heavy atom. The molecule has 1 aromatic rings. The van der Waals surface area contributed by atoms with E-state index in [4.69, 9.17) is 0 Å². The number of hydrogen-bond acceptors (Lipinski definition) is 2. The molecule has 1 amide bonds. The SMILES string of the molecule is CN(Cc1ccc(Br)cc1)C(=O)CCC1CCNCC1.Cl. The van der Waals surface area contributed by atoms with Crippen molar-refractivity contribution in [3.8, 4) is 0 Å². The predicted molar refractivity (Wildman–Crippen MR) is 92.7 cm³/mol. The standard InChI is InChI=1S/C16H23BrN2O.ClH/c1-19(12-14-2-5-15(17)6-3-14)16(20)7-4-13-8-10-18-11-9-13;/h2-3,5-6,13,18H,4,7-12H2,1H3;1H. The van der Waals surface area contributed by atoms with Crippen LogP contribution in [0.1, 0.15) is 31.2 Å². The Morgan fingerprint density at radius 3 is 2.52 bits per heavy atom. The molecule has 21 heavy (non-hydrogen) atoms. The summed E-state index contributed by atoms with van der Waals surface area (Å²) in [5, 5.41) is 3.36. The van der Waals surface area contributed by atoms with Crippen LogP contribution in [-0.2, 0) is 11.3 Å². The Hall–Kier alpha value is -0.580. The van der Waals surface area contributed by atoms with Crippen LogP contribution in [0.4, 0.5) is 0 Å². The molecule has 5 heteroatoms. The number of carbonyl (C=O) groups excluding carboxylic acids is 1. The zero-order valence-electron chi connectivity index (χ0n) is 12.5. The van der Waals surface area contributed by atoms with Gasteiger partial charge in [0.1, 0.15) is 0 Å². The highest BCUT2D eigenvalue weighted by Crippen LogP contribution is 2.18. The van der Waals surface area contributed by atoms with E-state index < -0.39 is 0 Å². The number of benzene rings is 1. The highest BCUT2D eigenvalue weighted by molar-refractivity contribution is 9.10. The van der Waals surface area contributed by atoms with Crippen LogP contribution in [-0.4, -0.2) is 30.9 Å². The smallest absolute Gasteiger partial charge is 0.222 e. The second-order valence-electron chi connectivity index (χ2n) is 5.61. The van der Waals surface area contributed by atoms with E-state index in [1.807, 2.05) is 24.1 Å². The average Bonchev–Trinajstić information content (AvgIpc) is 2.48. The fourth-order valence-electron chi connectivity index (χ4n) is 2.64. The van der Waals surface area contributed by atoms with Crippen LogP contribution in [0.3, 0.4) is 0 Å². The van der Waals surface area contributed by atoms with E-state index in [9.17, 15) is 4.79 Å². The van der Waals surface area contributed by atoms with Gasteiger partial charge in [0.2, 0.25) is 5.91 Å². The van der Waals surface area contributed by atoms with Crippen LogP contribution in [0, 0.1) is 5.92 Å². The van der Waals surface area contributed by atoms with Gasteiger partial charge in [0.05, 0.1) is 0 Å². The summed E-state index contributed by atoms with van der Waals surface area (Å²) in [6.45, 7) is 2.90. The van der Waals surface area contributed by atoms with Gasteiger partial charge in [-0.2, -0.15) is 0 Å². The van der Waals surface area contributed by atoms with Gasteiger partial charge in [-0.3, -0.25) is 4.79 Å². The van der Waals surface area contributed by atoms with Gasteiger partial charge < -0.3 is 10.2 Å². The lowest BCUT2D eigenvalue weighted by Gasteiger charge is -2.23. The second kappa shape index (κ2) is 9.44. The average molecular weight is 376 g/mol. The monoisotopic (exact) mass is 374 g/mol. The van der Waals surface area contributed by atoms with Gasteiger partial charge in [-0.15, -0.1) is 12.4 Å². The van der Waals surface area contributed by atoms with Crippen molar-refractivity contribution >= 4 is 34.2 Å². The quantitative estimate of drug-likeness (QED) is 0.852. The summed E-state index contributed by atoms with van der Waals surface area (Å²) < 4.78 is 1.07. The normalized spacial score (nSPS) is 15.3. The minimum atomic E-state index is 0. The summed E-state index contributed by atoms with van der Waals surface area (Å²) in [6.07, 6.45) is 4.14. The molecule has 2 rings (SSSR count). The predicted octanol–water partition coefficient (Wildman–Crippen LogP) is 3.61. The molecular formula is C16H24BrClN2O. The molecule has 0 saturated carbocycles. The molecule has 1 aromatic carbocycles. The van der Waals surface area contributed by atoms with Gasteiger partial charge in [-0.05, 0) is 56.0 Å². The molecular weight excluding hydrogens is 352 g/mol. The summed E-state index contributed by atoms with van der Waals surface area (Å²) in [7, 11) is 1.90. The van der Waals surface area contributed by atoms with Gasteiger partial charge in [0, 0.05) is 24.5 Å². The van der Waals surface area contributed by atoms with Crippen molar-refractivity contribution in [1.82, 2.24) is 10.2 Å². The van der Waals surface area contributed by atoms with Crippen LogP contribution in [0.15, 0.2) is 28.7 Å². The summed E-state index contributed by atoms with van der Waals surface area (Å²) in [5.74, 6) is 0.979. The van der Waals surface area contributed by atoms with Crippen molar-refractivity contribution in [1.29, 1.82) is 0 Å². The molecule has 0 radical (unpaired) electrons. The van der Waals surface area contributed by atoms with Crippen molar-refractivity contribution in [3.05, 3.63) is 34.3 Å².